The number of β-amino-alcohol motifs (C(OH)–C–C–N with tert-alkyl or cyclic N) is 1. The van der Waals surface area contributed by atoms with Crippen molar-refractivity contribution in [2.45, 2.75) is 18.9 Å². The van der Waals surface area contributed by atoms with Crippen LogP contribution in [0.5, 0.6) is 11.5 Å². The highest BCUT2D eigenvalue weighted by molar-refractivity contribution is 6.10. The molecule has 0 bridgehead atoms. The second-order valence-electron chi connectivity index (χ2n) is 8.68. The third kappa shape index (κ3) is 5.61. The lowest BCUT2D eigenvalue weighted by Crippen LogP contribution is -2.41. The summed E-state index contributed by atoms with van der Waals surface area (Å²) >= 11 is 0. The van der Waals surface area contributed by atoms with Gasteiger partial charge in [0.15, 0.2) is 0 Å². The first-order valence-corrected chi connectivity index (χ1v) is 11.5. The summed E-state index contributed by atoms with van der Waals surface area (Å²) in [6, 6.07) is 24.3. The summed E-state index contributed by atoms with van der Waals surface area (Å²) in [6.07, 6.45) is 1.66. The molecule has 2 N–H and O–H groups in total. The van der Waals surface area contributed by atoms with Gasteiger partial charge in [0.1, 0.15) is 24.2 Å². The van der Waals surface area contributed by atoms with E-state index in [4.69, 9.17) is 9.47 Å². The van der Waals surface area contributed by atoms with Crippen LogP contribution in [0, 0.1) is 5.92 Å². The number of nitrogens with one attached hydrogen (secondary N) is 1. The zero-order valence-corrected chi connectivity index (χ0v) is 19.5. The van der Waals surface area contributed by atoms with Crippen molar-refractivity contribution < 1.29 is 14.6 Å². The topological polar surface area (TPSA) is 57.7 Å². The van der Waals surface area contributed by atoms with Gasteiger partial charge in [-0.25, -0.2) is 0 Å². The van der Waals surface area contributed by atoms with Gasteiger partial charge in [-0.05, 0) is 62.2 Å². The van der Waals surface area contributed by atoms with Crippen molar-refractivity contribution in [3.8, 4) is 11.5 Å². The second-order valence-corrected chi connectivity index (χ2v) is 8.68. The number of aromatic amines is 1. The van der Waals surface area contributed by atoms with Crippen LogP contribution in [0.3, 0.4) is 0 Å². The molecule has 5 nitrogen and oxygen atoms in total. The molecule has 0 spiro atoms. The predicted octanol–water partition coefficient (Wildman–Crippen LogP) is 5.27. The molecule has 1 fully saturated rings. The summed E-state index contributed by atoms with van der Waals surface area (Å²) < 4.78 is 12.0. The van der Waals surface area contributed by atoms with Gasteiger partial charge in [0.25, 0.3) is 0 Å². The summed E-state index contributed by atoms with van der Waals surface area (Å²) in [5, 5.41) is 12.8. The summed E-state index contributed by atoms with van der Waals surface area (Å²) in [4.78, 5) is 5.77. The predicted molar refractivity (Wildman–Crippen MR) is 136 cm³/mol. The lowest BCUT2D eigenvalue weighted by atomic mass is 9.97. The largest absolute Gasteiger partial charge is 0.493 e. The van der Waals surface area contributed by atoms with Gasteiger partial charge in [0.05, 0.1) is 12.1 Å². The van der Waals surface area contributed by atoms with E-state index in [1.807, 2.05) is 54.6 Å². The molecule has 5 rings (SSSR count). The Bertz CT molecular complexity index is 1160. The molecule has 6 heteroatoms. The lowest BCUT2D eigenvalue weighted by Gasteiger charge is -2.33. The molecule has 1 saturated heterocycles. The van der Waals surface area contributed by atoms with E-state index in [9.17, 15) is 5.11 Å². The molecular formula is C27H31ClN2O3. The van der Waals surface area contributed by atoms with Crippen molar-refractivity contribution >= 4 is 34.2 Å². The molecule has 0 aliphatic carbocycles. The molecule has 1 atom stereocenters. The van der Waals surface area contributed by atoms with Crippen LogP contribution in [0.2, 0.25) is 0 Å². The number of rotatable bonds is 8. The van der Waals surface area contributed by atoms with Gasteiger partial charge in [-0.15, -0.1) is 12.4 Å². The molecule has 0 radical (unpaired) electrons. The Hall–Kier alpha value is -2.73. The maximum absolute atomic E-state index is 10.6. The van der Waals surface area contributed by atoms with E-state index in [2.05, 4.69) is 28.1 Å². The van der Waals surface area contributed by atoms with Gasteiger partial charge in [-0.3, -0.25) is 0 Å². The second kappa shape index (κ2) is 10.9. The van der Waals surface area contributed by atoms with Crippen LogP contribution in [0.15, 0.2) is 72.8 Å². The smallest absolute Gasteiger partial charge is 0.129 e. The van der Waals surface area contributed by atoms with Crippen LogP contribution < -0.4 is 9.47 Å². The molecule has 1 aliphatic rings. The van der Waals surface area contributed by atoms with Crippen molar-refractivity contribution in [3.63, 3.8) is 0 Å². The normalized spacial score (nSPS) is 15.9. The van der Waals surface area contributed by atoms with Gasteiger partial charge in [-0.2, -0.15) is 0 Å². The standard InChI is InChI=1S/C27H30N2O3.ClH/c30-21(17-29-15-13-20(14-16-29)18-31-22-7-2-1-3-8-22)19-32-26-12-6-11-25-27(26)23-9-4-5-10-24(23)28-25;/h1-12,20-21,28,30H,13-19H2;1H. The molecule has 1 unspecified atom stereocenters. The number of aromatic nitrogens is 1. The van der Waals surface area contributed by atoms with Gasteiger partial charge < -0.3 is 24.5 Å². The fraction of sp³-hybridized carbons (Fsp3) is 0.333. The number of benzene rings is 3. The fourth-order valence-electron chi connectivity index (χ4n) is 4.59. The zero-order valence-electron chi connectivity index (χ0n) is 18.7. The molecular weight excluding hydrogens is 436 g/mol. The summed E-state index contributed by atoms with van der Waals surface area (Å²) in [5.41, 5.74) is 2.15. The monoisotopic (exact) mass is 466 g/mol. The van der Waals surface area contributed by atoms with E-state index in [1.165, 1.54) is 0 Å². The Morgan fingerprint density at radius 3 is 2.42 bits per heavy atom. The highest BCUT2D eigenvalue weighted by Gasteiger charge is 2.22. The first-order chi connectivity index (χ1) is 15.8. The molecule has 4 aromatic rings. The molecule has 3 aromatic carbocycles. The zero-order chi connectivity index (χ0) is 21.8. The minimum atomic E-state index is -0.521. The number of likely N-dealkylation sites (tertiary alicyclic amines) is 1. The molecule has 0 amide bonds. The number of halogens is 1. The van der Waals surface area contributed by atoms with Crippen molar-refractivity contribution in [2.24, 2.45) is 5.92 Å². The average molecular weight is 467 g/mol. The van der Waals surface area contributed by atoms with E-state index in [0.29, 0.717) is 12.5 Å². The van der Waals surface area contributed by atoms with Crippen molar-refractivity contribution in [3.05, 3.63) is 72.8 Å². The van der Waals surface area contributed by atoms with Crippen LogP contribution in [0.4, 0.5) is 0 Å². The number of piperidine rings is 1. The number of hydrogen-bond acceptors (Lipinski definition) is 4. The van der Waals surface area contributed by atoms with E-state index in [1.54, 1.807) is 0 Å². The number of hydrogen-bond donors (Lipinski definition) is 2. The summed E-state index contributed by atoms with van der Waals surface area (Å²) in [7, 11) is 0. The summed E-state index contributed by atoms with van der Waals surface area (Å²) in [6.45, 7) is 3.65. The number of para-hydroxylation sites is 2. The number of fused-ring (bicyclic) bond motifs is 3. The molecule has 1 aromatic heterocycles. The molecule has 33 heavy (non-hydrogen) atoms. The highest BCUT2D eigenvalue weighted by Crippen LogP contribution is 2.33. The van der Waals surface area contributed by atoms with E-state index in [0.717, 1.165) is 65.8 Å². The van der Waals surface area contributed by atoms with Gasteiger partial charge >= 0.3 is 0 Å². The van der Waals surface area contributed by atoms with Crippen molar-refractivity contribution in [2.75, 3.05) is 32.8 Å². The minimum Gasteiger partial charge on any atom is -0.493 e. The maximum Gasteiger partial charge on any atom is 0.129 e. The third-order valence-corrected chi connectivity index (χ3v) is 6.33. The molecule has 1 aliphatic heterocycles. The van der Waals surface area contributed by atoms with Crippen LogP contribution >= 0.6 is 12.4 Å². The molecule has 2 heterocycles. The average Bonchev–Trinajstić information content (AvgIpc) is 3.22. The lowest BCUT2D eigenvalue weighted by molar-refractivity contribution is 0.0507. The molecule has 174 valence electrons. The van der Waals surface area contributed by atoms with E-state index >= 15 is 0 Å². The Kier molecular flexibility index (Phi) is 7.76. The number of ether oxygens (including phenoxy) is 2. The van der Waals surface area contributed by atoms with E-state index < -0.39 is 6.10 Å². The van der Waals surface area contributed by atoms with Crippen LogP contribution in [0.25, 0.3) is 21.8 Å². The van der Waals surface area contributed by atoms with Crippen molar-refractivity contribution in [1.82, 2.24) is 9.88 Å². The summed E-state index contributed by atoms with van der Waals surface area (Å²) in [5.74, 6) is 2.32. The first-order valence-electron chi connectivity index (χ1n) is 11.5. The quantitative estimate of drug-likeness (QED) is 0.371. The van der Waals surface area contributed by atoms with Gasteiger partial charge in [0, 0.05) is 22.8 Å². The van der Waals surface area contributed by atoms with Gasteiger partial charge in [0.2, 0.25) is 0 Å². The maximum atomic E-state index is 10.6. The first kappa shape index (κ1) is 23.4. The van der Waals surface area contributed by atoms with Crippen molar-refractivity contribution in [1.29, 1.82) is 0 Å². The number of nitrogens with zero attached hydrogens (tertiary/aromatic N) is 1. The highest BCUT2D eigenvalue weighted by atomic mass is 35.5. The minimum absolute atomic E-state index is 0. The van der Waals surface area contributed by atoms with Crippen LogP contribution in [-0.4, -0.2) is 53.9 Å². The van der Waals surface area contributed by atoms with Gasteiger partial charge in [-0.1, -0.05) is 42.5 Å². The number of H-pyrrole nitrogens is 1. The van der Waals surface area contributed by atoms with E-state index in [-0.39, 0.29) is 19.0 Å². The SMILES string of the molecule is Cl.OC(COc1cccc2[nH]c3ccccc3c12)CN1CCC(COc2ccccc2)CC1. The molecule has 0 saturated carbocycles. The Balaban J connectivity index is 0.00000259. The van der Waals surface area contributed by atoms with Crippen LogP contribution in [-0.2, 0) is 0 Å². The fourth-order valence-corrected chi connectivity index (χ4v) is 4.59. The van der Waals surface area contributed by atoms with Crippen LogP contribution in [0.1, 0.15) is 12.8 Å². The number of aliphatic hydroxyl groups is 1. The Morgan fingerprint density at radius 2 is 1.61 bits per heavy atom. The Labute approximate surface area is 200 Å². The Morgan fingerprint density at radius 1 is 0.879 bits per heavy atom. The third-order valence-electron chi connectivity index (χ3n) is 6.33. The number of aliphatic hydroxyl groups excluding tert-OH is 1.